The van der Waals surface area contributed by atoms with Crippen LogP contribution >= 0.6 is 0 Å². The van der Waals surface area contributed by atoms with E-state index in [0.29, 0.717) is 11.6 Å². The van der Waals surface area contributed by atoms with Crippen LogP contribution in [-0.2, 0) is 6.54 Å². The van der Waals surface area contributed by atoms with E-state index in [2.05, 4.69) is 37.7 Å². The Labute approximate surface area is 128 Å². The summed E-state index contributed by atoms with van der Waals surface area (Å²) in [5.41, 5.74) is 6.39. The molecular weight excluding hydrogens is 264 g/mol. The molecule has 0 amide bonds. The van der Waals surface area contributed by atoms with Gasteiger partial charge in [-0.05, 0) is 39.0 Å². The van der Waals surface area contributed by atoms with Crippen molar-refractivity contribution in [3.63, 3.8) is 0 Å². The zero-order chi connectivity index (χ0) is 15.8. The summed E-state index contributed by atoms with van der Waals surface area (Å²) in [6.07, 6.45) is 2.69. The zero-order valence-electron chi connectivity index (χ0n) is 13.9. The highest BCUT2D eigenvalue weighted by Crippen LogP contribution is 2.02. The van der Waals surface area contributed by atoms with Crippen LogP contribution in [0, 0.1) is 5.92 Å². The van der Waals surface area contributed by atoms with Gasteiger partial charge in [0.05, 0.1) is 0 Å². The molecule has 1 aromatic rings. The molecule has 1 aromatic heterocycles. The average Bonchev–Trinajstić information content (AvgIpc) is 2.39. The molecule has 0 aromatic carbocycles. The van der Waals surface area contributed by atoms with Crippen LogP contribution in [0.1, 0.15) is 20.3 Å². The summed E-state index contributed by atoms with van der Waals surface area (Å²) in [5.74, 6) is 0.655. The summed E-state index contributed by atoms with van der Waals surface area (Å²) >= 11 is 0. The summed E-state index contributed by atoms with van der Waals surface area (Å²) in [5, 5.41) is 0. The Morgan fingerprint density at radius 3 is 2.52 bits per heavy atom. The van der Waals surface area contributed by atoms with E-state index in [1.54, 1.807) is 16.8 Å². The summed E-state index contributed by atoms with van der Waals surface area (Å²) in [6, 6.07) is 3.19. The molecule has 0 bridgehead atoms. The Balaban J connectivity index is 2.48. The van der Waals surface area contributed by atoms with E-state index in [4.69, 9.17) is 5.73 Å². The molecule has 21 heavy (non-hydrogen) atoms. The maximum absolute atomic E-state index is 11.7. The number of rotatable bonds is 9. The molecule has 2 N–H and O–H groups in total. The first-order valence-corrected chi connectivity index (χ1v) is 7.71. The van der Waals surface area contributed by atoms with Crippen LogP contribution in [0.5, 0.6) is 0 Å². The summed E-state index contributed by atoms with van der Waals surface area (Å²) in [6.45, 7) is 9.44. The summed E-state index contributed by atoms with van der Waals surface area (Å²) in [7, 11) is 4.19. The van der Waals surface area contributed by atoms with Crippen molar-refractivity contribution in [3.8, 4) is 0 Å². The third-order valence-electron chi connectivity index (χ3n) is 3.37. The normalized spacial score (nSPS) is 11.8. The van der Waals surface area contributed by atoms with E-state index in [9.17, 15) is 4.79 Å². The number of nitrogens with two attached hydrogens (primary N) is 1. The minimum Gasteiger partial charge on any atom is -0.398 e. The van der Waals surface area contributed by atoms with Crippen molar-refractivity contribution in [3.05, 3.63) is 28.7 Å². The van der Waals surface area contributed by atoms with Crippen LogP contribution in [0.2, 0.25) is 0 Å². The second-order valence-corrected chi connectivity index (χ2v) is 6.35. The van der Waals surface area contributed by atoms with Crippen LogP contribution in [0.15, 0.2) is 23.1 Å². The quantitative estimate of drug-likeness (QED) is 0.747. The van der Waals surface area contributed by atoms with Crippen molar-refractivity contribution in [2.45, 2.75) is 26.8 Å². The fourth-order valence-electron chi connectivity index (χ4n) is 2.34. The smallest absolute Gasteiger partial charge is 0.250 e. The van der Waals surface area contributed by atoms with E-state index < -0.39 is 0 Å². The summed E-state index contributed by atoms with van der Waals surface area (Å²) in [4.78, 5) is 16.4. The molecule has 0 radical (unpaired) electrons. The number of hydrogen-bond acceptors (Lipinski definition) is 4. The average molecular weight is 294 g/mol. The number of aryl methyl sites for hydroxylation is 1. The molecule has 0 atom stereocenters. The van der Waals surface area contributed by atoms with E-state index in [1.807, 2.05) is 0 Å². The molecule has 1 heterocycles. The first-order valence-electron chi connectivity index (χ1n) is 7.71. The van der Waals surface area contributed by atoms with Gasteiger partial charge in [0, 0.05) is 44.1 Å². The molecule has 0 saturated carbocycles. The van der Waals surface area contributed by atoms with E-state index in [-0.39, 0.29) is 5.56 Å². The topological polar surface area (TPSA) is 54.5 Å². The molecule has 5 heteroatoms. The fraction of sp³-hybridized carbons (Fsp3) is 0.688. The Morgan fingerprint density at radius 1 is 1.19 bits per heavy atom. The molecule has 0 unspecified atom stereocenters. The lowest BCUT2D eigenvalue weighted by atomic mass is 10.2. The molecule has 120 valence electrons. The SMILES string of the molecule is CC(C)CN(CCCn1cc(N)ccc1=O)CCN(C)C. The molecule has 0 aliphatic rings. The summed E-state index contributed by atoms with van der Waals surface area (Å²) < 4.78 is 1.70. The van der Waals surface area contributed by atoms with Crippen molar-refractivity contribution in [2.75, 3.05) is 46.0 Å². The molecule has 0 fully saturated rings. The number of nitrogen functional groups attached to an aromatic ring is 1. The largest absolute Gasteiger partial charge is 0.398 e. The maximum Gasteiger partial charge on any atom is 0.250 e. The molecule has 5 nitrogen and oxygen atoms in total. The third-order valence-corrected chi connectivity index (χ3v) is 3.37. The minimum absolute atomic E-state index is 0.0212. The van der Waals surface area contributed by atoms with Crippen LogP contribution in [0.3, 0.4) is 0 Å². The van der Waals surface area contributed by atoms with Gasteiger partial charge < -0.3 is 20.1 Å². The number of aromatic nitrogens is 1. The lowest BCUT2D eigenvalue weighted by Crippen LogP contribution is -2.35. The lowest BCUT2D eigenvalue weighted by molar-refractivity contribution is 0.213. The van der Waals surface area contributed by atoms with E-state index >= 15 is 0 Å². The number of nitrogens with zero attached hydrogens (tertiary/aromatic N) is 3. The lowest BCUT2D eigenvalue weighted by Gasteiger charge is -2.25. The van der Waals surface area contributed by atoms with E-state index in [1.165, 1.54) is 6.07 Å². The minimum atomic E-state index is 0.0212. The predicted molar refractivity (Wildman–Crippen MR) is 89.6 cm³/mol. The maximum atomic E-state index is 11.7. The van der Waals surface area contributed by atoms with Gasteiger partial charge in [0.1, 0.15) is 0 Å². The van der Waals surface area contributed by atoms with Gasteiger partial charge in [0.25, 0.3) is 5.56 Å². The van der Waals surface area contributed by atoms with Gasteiger partial charge in [-0.3, -0.25) is 4.79 Å². The van der Waals surface area contributed by atoms with Crippen molar-refractivity contribution >= 4 is 5.69 Å². The van der Waals surface area contributed by atoms with Crippen molar-refractivity contribution in [2.24, 2.45) is 5.92 Å². The number of pyridine rings is 1. The predicted octanol–water partition coefficient (Wildman–Crippen LogP) is 1.34. The van der Waals surface area contributed by atoms with Crippen LogP contribution in [0.4, 0.5) is 5.69 Å². The molecule has 0 spiro atoms. The van der Waals surface area contributed by atoms with Crippen molar-refractivity contribution in [1.29, 1.82) is 0 Å². The Hall–Kier alpha value is -1.33. The Morgan fingerprint density at radius 2 is 1.90 bits per heavy atom. The molecule has 1 rings (SSSR count). The number of anilines is 1. The zero-order valence-corrected chi connectivity index (χ0v) is 13.9. The molecule has 0 saturated heterocycles. The van der Waals surface area contributed by atoms with Gasteiger partial charge in [-0.15, -0.1) is 0 Å². The molecule has 0 aliphatic heterocycles. The second-order valence-electron chi connectivity index (χ2n) is 6.35. The Bertz CT molecular complexity index is 468. The Kier molecular flexibility index (Phi) is 7.47. The van der Waals surface area contributed by atoms with Crippen LogP contribution in [-0.4, -0.2) is 54.6 Å². The van der Waals surface area contributed by atoms with Gasteiger partial charge in [0.2, 0.25) is 0 Å². The highest BCUT2D eigenvalue weighted by Gasteiger charge is 2.08. The highest BCUT2D eigenvalue weighted by molar-refractivity contribution is 5.33. The van der Waals surface area contributed by atoms with Crippen molar-refractivity contribution < 1.29 is 0 Å². The number of likely N-dealkylation sites (N-methyl/N-ethyl adjacent to an activating group) is 1. The van der Waals surface area contributed by atoms with Gasteiger partial charge >= 0.3 is 0 Å². The third kappa shape index (κ3) is 7.29. The van der Waals surface area contributed by atoms with Gasteiger partial charge in [0.15, 0.2) is 0 Å². The second kappa shape index (κ2) is 8.85. The molecular formula is C16H30N4O. The fourth-order valence-corrected chi connectivity index (χ4v) is 2.34. The van der Waals surface area contributed by atoms with Gasteiger partial charge in [-0.25, -0.2) is 0 Å². The first-order chi connectivity index (χ1) is 9.88. The van der Waals surface area contributed by atoms with Crippen molar-refractivity contribution in [1.82, 2.24) is 14.4 Å². The molecule has 0 aliphatic carbocycles. The van der Waals surface area contributed by atoms with Crippen LogP contribution < -0.4 is 11.3 Å². The first kappa shape index (κ1) is 17.7. The monoisotopic (exact) mass is 294 g/mol. The van der Waals surface area contributed by atoms with Gasteiger partial charge in [-0.2, -0.15) is 0 Å². The van der Waals surface area contributed by atoms with Gasteiger partial charge in [-0.1, -0.05) is 13.8 Å². The standard InChI is InChI=1S/C16H30N4O/c1-14(2)12-19(11-10-18(3)4)8-5-9-20-13-15(17)6-7-16(20)21/h6-7,13-14H,5,8-12,17H2,1-4H3. The number of hydrogen-bond donors (Lipinski definition) is 1. The van der Waals surface area contributed by atoms with Crippen LogP contribution in [0.25, 0.3) is 0 Å². The van der Waals surface area contributed by atoms with E-state index in [0.717, 1.165) is 39.1 Å². The highest BCUT2D eigenvalue weighted by atomic mass is 16.1.